The highest BCUT2D eigenvalue weighted by molar-refractivity contribution is 9.10. The van der Waals surface area contributed by atoms with E-state index in [-0.39, 0.29) is 5.82 Å². The molecule has 2 aromatic rings. The van der Waals surface area contributed by atoms with Crippen LogP contribution in [0.1, 0.15) is 5.56 Å². The van der Waals surface area contributed by atoms with Gasteiger partial charge in [-0.3, -0.25) is 0 Å². The van der Waals surface area contributed by atoms with Crippen molar-refractivity contribution < 1.29 is 4.39 Å². The Morgan fingerprint density at radius 3 is 3.00 bits per heavy atom. The molecule has 1 heterocycles. The molecular formula is C9H7BrFN. The molecule has 0 aliphatic heterocycles. The minimum absolute atomic E-state index is 0.191. The lowest BCUT2D eigenvalue weighted by Crippen LogP contribution is -1.83. The quantitative estimate of drug-likeness (QED) is 0.711. The first-order valence-corrected chi connectivity index (χ1v) is 4.41. The van der Waals surface area contributed by atoms with Crippen LogP contribution < -0.4 is 0 Å². The minimum atomic E-state index is -0.191. The molecule has 0 aliphatic rings. The van der Waals surface area contributed by atoms with Gasteiger partial charge >= 0.3 is 0 Å². The zero-order valence-corrected chi connectivity index (χ0v) is 8.07. The van der Waals surface area contributed by atoms with E-state index >= 15 is 0 Å². The Morgan fingerprint density at radius 1 is 1.50 bits per heavy atom. The third-order valence-electron chi connectivity index (χ3n) is 1.99. The van der Waals surface area contributed by atoms with E-state index < -0.39 is 0 Å². The summed E-state index contributed by atoms with van der Waals surface area (Å²) in [6.45, 7) is 1.95. The van der Waals surface area contributed by atoms with Crippen molar-refractivity contribution in [1.82, 2.24) is 4.98 Å². The van der Waals surface area contributed by atoms with Crippen molar-refractivity contribution >= 4 is 26.8 Å². The number of rotatable bonds is 0. The lowest BCUT2D eigenvalue weighted by atomic mass is 10.1. The molecule has 2 rings (SSSR count). The second-order valence-corrected chi connectivity index (χ2v) is 3.59. The fraction of sp³-hybridized carbons (Fsp3) is 0.111. The Bertz CT molecular complexity index is 433. The molecule has 0 unspecified atom stereocenters. The van der Waals surface area contributed by atoms with Gasteiger partial charge in [0.05, 0.1) is 5.52 Å². The van der Waals surface area contributed by atoms with Crippen molar-refractivity contribution in [2.75, 3.05) is 0 Å². The average Bonchev–Trinajstić information content (AvgIpc) is 2.48. The molecule has 1 N–H and O–H groups in total. The van der Waals surface area contributed by atoms with Crippen molar-refractivity contribution in [2.24, 2.45) is 0 Å². The molecule has 0 fully saturated rings. The maximum atomic E-state index is 13.2. The van der Waals surface area contributed by atoms with Gasteiger partial charge in [-0.2, -0.15) is 0 Å². The summed E-state index contributed by atoms with van der Waals surface area (Å²) in [4.78, 5) is 3.00. The second kappa shape index (κ2) is 2.59. The molecule has 1 aromatic heterocycles. The van der Waals surface area contributed by atoms with Crippen molar-refractivity contribution in [3.63, 3.8) is 0 Å². The van der Waals surface area contributed by atoms with Crippen LogP contribution in [0.2, 0.25) is 0 Å². The molecule has 62 valence electrons. The van der Waals surface area contributed by atoms with Gasteiger partial charge in [0, 0.05) is 16.1 Å². The van der Waals surface area contributed by atoms with Crippen molar-refractivity contribution in [3.8, 4) is 0 Å². The average molecular weight is 228 g/mol. The maximum absolute atomic E-state index is 13.2. The van der Waals surface area contributed by atoms with Crippen molar-refractivity contribution in [2.45, 2.75) is 6.92 Å². The number of aromatic nitrogens is 1. The summed E-state index contributed by atoms with van der Waals surface area (Å²) in [6.07, 6.45) is 1.74. The largest absolute Gasteiger partial charge is 0.361 e. The molecule has 0 aliphatic carbocycles. The normalized spacial score (nSPS) is 10.9. The summed E-state index contributed by atoms with van der Waals surface area (Å²) < 4.78 is 14.0. The molecule has 0 radical (unpaired) electrons. The summed E-state index contributed by atoms with van der Waals surface area (Å²) in [5.74, 6) is -0.191. The van der Waals surface area contributed by atoms with Gasteiger partial charge in [-0.05, 0) is 24.6 Å². The van der Waals surface area contributed by atoms with Gasteiger partial charge in [0.25, 0.3) is 0 Å². The highest BCUT2D eigenvalue weighted by Gasteiger charge is 2.07. The summed E-state index contributed by atoms with van der Waals surface area (Å²) in [7, 11) is 0. The van der Waals surface area contributed by atoms with E-state index in [1.165, 1.54) is 6.07 Å². The van der Waals surface area contributed by atoms with Crippen LogP contribution in [-0.4, -0.2) is 4.98 Å². The van der Waals surface area contributed by atoms with Gasteiger partial charge in [0.2, 0.25) is 0 Å². The van der Waals surface area contributed by atoms with Gasteiger partial charge < -0.3 is 4.98 Å². The van der Waals surface area contributed by atoms with Crippen LogP contribution in [0.25, 0.3) is 10.9 Å². The summed E-state index contributed by atoms with van der Waals surface area (Å²) in [6, 6.07) is 3.23. The summed E-state index contributed by atoms with van der Waals surface area (Å²) in [5.41, 5.74) is 1.90. The predicted octanol–water partition coefficient (Wildman–Crippen LogP) is 3.38. The molecule has 1 nitrogen and oxygen atoms in total. The molecule has 3 heteroatoms. The number of benzene rings is 1. The zero-order chi connectivity index (χ0) is 8.72. The summed E-state index contributed by atoms with van der Waals surface area (Å²) in [5, 5.41) is 0.649. The van der Waals surface area contributed by atoms with E-state index in [0.29, 0.717) is 5.39 Å². The Hall–Kier alpha value is -0.830. The van der Waals surface area contributed by atoms with Crippen LogP contribution in [0, 0.1) is 12.7 Å². The van der Waals surface area contributed by atoms with Crippen molar-refractivity contribution in [3.05, 3.63) is 34.2 Å². The first kappa shape index (κ1) is 7.80. The van der Waals surface area contributed by atoms with Crippen LogP contribution in [0.3, 0.4) is 0 Å². The van der Waals surface area contributed by atoms with E-state index in [1.54, 1.807) is 12.3 Å². The molecular weight excluding hydrogens is 221 g/mol. The number of H-pyrrole nitrogens is 1. The van der Waals surface area contributed by atoms with Gasteiger partial charge in [-0.15, -0.1) is 0 Å². The van der Waals surface area contributed by atoms with Crippen LogP contribution in [0.5, 0.6) is 0 Å². The van der Waals surface area contributed by atoms with Crippen molar-refractivity contribution in [1.29, 1.82) is 0 Å². The molecule has 0 saturated heterocycles. The Labute approximate surface area is 77.7 Å². The Morgan fingerprint density at radius 2 is 2.25 bits per heavy atom. The van der Waals surface area contributed by atoms with Crippen LogP contribution in [0.4, 0.5) is 4.39 Å². The monoisotopic (exact) mass is 227 g/mol. The zero-order valence-electron chi connectivity index (χ0n) is 6.49. The predicted molar refractivity (Wildman–Crippen MR) is 50.7 cm³/mol. The number of aromatic amines is 1. The van der Waals surface area contributed by atoms with E-state index in [0.717, 1.165) is 15.6 Å². The van der Waals surface area contributed by atoms with Gasteiger partial charge in [-0.1, -0.05) is 15.9 Å². The Kier molecular flexibility index (Phi) is 1.68. The maximum Gasteiger partial charge on any atom is 0.133 e. The first-order chi connectivity index (χ1) is 5.70. The minimum Gasteiger partial charge on any atom is -0.361 e. The lowest BCUT2D eigenvalue weighted by Gasteiger charge is -2.00. The number of halogens is 2. The second-order valence-electron chi connectivity index (χ2n) is 2.73. The fourth-order valence-corrected chi connectivity index (χ4v) is 1.69. The number of hydrogen-bond acceptors (Lipinski definition) is 0. The van der Waals surface area contributed by atoms with E-state index in [9.17, 15) is 4.39 Å². The van der Waals surface area contributed by atoms with Crippen LogP contribution in [0.15, 0.2) is 22.8 Å². The fourth-order valence-electron chi connectivity index (χ4n) is 1.30. The third kappa shape index (κ3) is 0.966. The van der Waals surface area contributed by atoms with Crippen LogP contribution >= 0.6 is 15.9 Å². The van der Waals surface area contributed by atoms with E-state index in [1.807, 2.05) is 6.92 Å². The molecule has 0 bridgehead atoms. The number of nitrogens with one attached hydrogen (secondary N) is 1. The molecule has 0 saturated carbocycles. The van der Waals surface area contributed by atoms with E-state index in [4.69, 9.17) is 0 Å². The molecule has 0 amide bonds. The SMILES string of the molecule is Cc1c(Br)cc(F)c2cc[nH]c12. The topological polar surface area (TPSA) is 15.8 Å². The lowest BCUT2D eigenvalue weighted by molar-refractivity contribution is 0.639. The van der Waals surface area contributed by atoms with E-state index in [2.05, 4.69) is 20.9 Å². The number of aryl methyl sites for hydroxylation is 1. The Balaban J connectivity index is 2.97. The third-order valence-corrected chi connectivity index (χ3v) is 2.81. The smallest absolute Gasteiger partial charge is 0.133 e. The first-order valence-electron chi connectivity index (χ1n) is 3.62. The highest BCUT2D eigenvalue weighted by Crippen LogP contribution is 2.26. The highest BCUT2D eigenvalue weighted by atomic mass is 79.9. The number of fused-ring (bicyclic) bond motifs is 1. The standard InChI is InChI=1S/C9H7BrFN/c1-5-7(10)4-8(11)6-2-3-12-9(5)6/h2-4,12H,1H3. The molecule has 0 atom stereocenters. The van der Waals surface area contributed by atoms with Gasteiger partial charge in [0.1, 0.15) is 5.82 Å². The van der Waals surface area contributed by atoms with Gasteiger partial charge in [0.15, 0.2) is 0 Å². The number of hydrogen-bond donors (Lipinski definition) is 1. The molecule has 0 spiro atoms. The molecule has 1 aromatic carbocycles. The summed E-state index contributed by atoms with van der Waals surface area (Å²) >= 11 is 3.29. The molecule has 12 heavy (non-hydrogen) atoms. The van der Waals surface area contributed by atoms with Gasteiger partial charge in [-0.25, -0.2) is 4.39 Å². The van der Waals surface area contributed by atoms with Crippen LogP contribution in [-0.2, 0) is 0 Å².